The average Bonchev–Trinajstić information content (AvgIpc) is 2.68. The summed E-state index contributed by atoms with van der Waals surface area (Å²) in [7, 11) is 3.47. The Morgan fingerprint density at radius 1 is 1.33 bits per heavy atom. The van der Waals surface area contributed by atoms with Crippen molar-refractivity contribution < 1.29 is 14.3 Å². The van der Waals surface area contributed by atoms with Crippen LogP contribution in [0.25, 0.3) is 0 Å². The second-order valence-corrected chi connectivity index (χ2v) is 6.67. The van der Waals surface area contributed by atoms with Crippen molar-refractivity contribution in [2.24, 2.45) is 4.99 Å². The van der Waals surface area contributed by atoms with E-state index >= 15 is 0 Å². The van der Waals surface area contributed by atoms with Crippen LogP contribution in [0.3, 0.4) is 0 Å². The number of piperidine rings is 1. The second kappa shape index (κ2) is 10.6. The molecule has 1 aliphatic rings. The van der Waals surface area contributed by atoms with Crippen LogP contribution in [0.5, 0.6) is 5.75 Å². The van der Waals surface area contributed by atoms with Crippen LogP contribution in [-0.2, 0) is 11.2 Å². The van der Waals surface area contributed by atoms with Gasteiger partial charge in [-0.25, -0.2) is 4.79 Å². The summed E-state index contributed by atoms with van der Waals surface area (Å²) < 4.78 is 10.5. The van der Waals surface area contributed by atoms with Crippen LogP contribution >= 0.6 is 0 Å². The quantitative estimate of drug-likeness (QED) is 0.589. The summed E-state index contributed by atoms with van der Waals surface area (Å²) in [5.74, 6) is 1.70. The van der Waals surface area contributed by atoms with Crippen molar-refractivity contribution in [1.82, 2.24) is 15.5 Å². The molecule has 0 atom stereocenters. The summed E-state index contributed by atoms with van der Waals surface area (Å²) in [6, 6.07) is 6.52. The van der Waals surface area contributed by atoms with Crippen LogP contribution in [0, 0.1) is 6.92 Å². The predicted octanol–water partition coefficient (Wildman–Crippen LogP) is 2.33. The van der Waals surface area contributed by atoms with E-state index in [1.807, 2.05) is 13.0 Å². The lowest BCUT2D eigenvalue weighted by molar-refractivity contribution is 0.0963. The topological polar surface area (TPSA) is 75.2 Å². The van der Waals surface area contributed by atoms with Gasteiger partial charge >= 0.3 is 6.09 Å². The number of hydrogen-bond donors (Lipinski definition) is 2. The van der Waals surface area contributed by atoms with E-state index in [0.29, 0.717) is 25.7 Å². The number of hydrogen-bond acceptors (Lipinski definition) is 4. The van der Waals surface area contributed by atoms with E-state index in [4.69, 9.17) is 9.47 Å². The van der Waals surface area contributed by atoms with Gasteiger partial charge in [0, 0.05) is 32.7 Å². The highest BCUT2D eigenvalue weighted by Crippen LogP contribution is 2.19. The molecule has 1 fully saturated rings. The zero-order valence-corrected chi connectivity index (χ0v) is 16.9. The number of methoxy groups -OCH3 is 1. The van der Waals surface area contributed by atoms with E-state index < -0.39 is 0 Å². The fourth-order valence-corrected chi connectivity index (χ4v) is 3.23. The summed E-state index contributed by atoms with van der Waals surface area (Å²) in [5.41, 5.74) is 2.41. The number of amides is 1. The summed E-state index contributed by atoms with van der Waals surface area (Å²) in [5, 5.41) is 6.82. The minimum absolute atomic E-state index is 0.217. The highest BCUT2D eigenvalue weighted by Gasteiger charge is 2.23. The first-order valence-corrected chi connectivity index (χ1v) is 9.59. The average molecular weight is 377 g/mol. The Bertz CT molecular complexity index is 640. The van der Waals surface area contributed by atoms with Gasteiger partial charge in [-0.2, -0.15) is 0 Å². The predicted molar refractivity (Wildman–Crippen MR) is 108 cm³/mol. The van der Waals surface area contributed by atoms with Gasteiger partial charge in [0.1, 0.15) is 5.75 Å². The van der Waals surface area contributed by atoms with Crippen molar-refractivity contribution in [1.29, 1.82) is 0 Å². The number of benzene rings is 1. The lowest BCUT2D eigenvalue weighted by atomic mass is 10.1. The molecule has 0 saturated carbocycles. The van der Waals surface area contributed by atoms with Crippen LogP contribution in [0.15, 0.2) is 23.2 Å². The Balaban J connectivity index is 1.77. The third-order valence-corrected chi connectivity index (χ3v) is 4.71. The molecule has 1 amide bonds. The monoisotopic (exact) mass is 376 g/mol. The number of nitrogens with zero attached hydrogens (tertiary/aromatic N) is 2. The number of ether oxygens (including phenoxy) is 2. The van der Waals surface area contributed by atoms with Crippen LogP contribution < -0.4 is 15.4 Å². The van der Waals surface area contributed by atoms with Crippen molar-refractivity contribution in [3.8, 4) is 5.75 Å². The molecule has 2 N–H and O–H groups in total. The number of rotatable bonds is 6. The molecular weight excluding hydrogens is 344 g/mol. The highest BCUT2D eigenvalue weighted by atomic mass is 16.6. The standard InChI is InChI=1S/C20H32N4O3/c1-5-27-20(25)24-12-9-17(10-13-24)23-19(21-3)22-11-8-16-14-15(2)6-7-18(16)26-4/h6-7,14,17H,5,8-13H2,1-4H3,(H2,21,22,23). The van der Waals surface area contributed by atoms with Gasteiger partial charge in [-0.15, -0.1) is 0 Å². The molecule has 0 aromatic heterocycles. The molecule has 0 radical (unpaired) electrons. The van der Waals surface area contributed by atoms with E-state index in [-0.39, 0.29) is 6.09 Å². The van der Waals surface area contributed by atoms with Gasteiger partial charge in [0.25, 0.3) is 0 Å². The molecule has 0 bridgehead atoms. The first kappa shape index (κ1) is 20.9. The lowest BCUT2D eigenvalue weighted by Crippen LogP contribution is -2.50. The number of nitrogens with one attached hydrogen (secondary N) is 2. The van der Waals surface area contributed by atoms with Crippen LogP contribution in [-0.4, -0.2) is 63.4 Å². The molecule has 2 rings (SSSR count). The fraction of sp³-hybridized carbons (Fsp3) is 0.600. The molecule has 0 spiro atoms. The molecule has 150 valence electrons. The Morgan fingerprint density at radius 3 is 2.70 bits per heavy atom. The number of carbonyl (C=O) groups excluding carboxylic acids is 1. The fourth-order valence-electron chi connectivity index (χ4n) is 3.23. The van der Waals surface area contributed by atoms with Gasteiger partial charge in [-0.1, -0.05) is 17.7 Å². The van der Waals surface area contributed by atoms with Gasteiger partial charge in [0.05, 0.1) is 13.7 Å². The molecule has 1 saturated heterocycles. The third kappa shape index (κ3) is 6.34. The summed E-state index contributed by atoms with van der Waals surface area (Å²) >= 11 is 0. The van der Waals surface area contributed by atoms with E-state index in [1.54, 1.807) is 19.1 Å². The second-order valence-electron chi connectivity index (χ2n) is 6.67. The molecule has 7 heteroatoms. The van der Waals surface area contributed by atoms with E-state index in [1.165, 1.54) is 11.1 Å². The number of likely N-dealkylation sites (tertiary alicyclic amines) is 1. The van der Waals surface area contributed by atoms with Crippen molar-refractivity contribution in [3.05, 3.63) is 29.3 Å². The zero-order chi connectivity index (χ0) is 19.6. The maximum Gasteiger partial charge on any atom is 0.409 e. The van der Waals surface area contributed by atoms with Crippen LogP contribution in [0.2, 0.25) is 0 Å². The van der Waals surface area contributed by atoms with Gasteiger partial charge in [-0.3, -0.25) is 4.99 Å². The molecule has 1 aliphatic heterocycles. The molecule has 1 aromatic carbocycles. The molecule has 7 nitrogen and oxygen atoms in total. The van der Waals surface area contributed by atoms with Gasteiger partial charge in [-0.05, 0) is 44.7 Å². The van der Waals surface area contributed by atoms with Crippen molar-refractivity contribution >= 4 is 12.1 Å². The number of aliphatic imine (C=N–C) groups is 1. The Hall–Kier alpha value is -2.44. The molecule has 27 heavy (non-hydrogen) atoms. The normalized spacial score (nSPS) is 15.4. The molecule has 1 heterocycles. The van der Waals surface area contributed by atoms with Gasteiger partial charge in [0.2, 0.25) is 0 Å². The first-order valence-electron chi connectivity index (χ1n) is 9.59. The summed E-state index contributed by atoms with van der Waals surface area (Å²) in [6.45, 7) is 6.50. The molecule has 0 aliphatic carbocycles. The van der Waals surface area contributed by atoms with Crippen LogP contribution in [0.1, 0.15) is 30.9 Å². The van der Waals surface area contributed by atoms with Crippen molar-refractivity contribution in [2.45, 2.75) is 39.2 Å². The third-order valence-electron chi connectivity index (χ3n) is 4.71. The first-order chi connectivity index (χ1) is 13.1. The van der Waals surface area contributed by atoms with Crippen molar-refractivity contribution in [3.63, 3.8) is 0 Å². The van der Waals surface area contributed by atoms with Crippen LogP contribution in [0.4, 0.5) is 4.79 Å². The largest absolute Gasteiger partial charge is 0.496 e. The van der Waals surface area contributed by atoms with Gasteiger partial charge in [0.15, 0.2) is 5.96 Å². The van der Waals surface area contributed by atoms with E-state index in [2.05, 4.69) is 34.7 Å². The van der Waals surface area contributed by atoms with Crippen molar-refractivity contribution in [2.75, 3.05) is 40.4 Å². The minimum atomic E-state index is -0.217. The highest BCUT2D eigenvalue weighted by molar-refractivity contribution is 5.80. The summed E-state index contributed by atoms with van der Waals surface area (Å²) in [4.78, 5) is 17.9. The molecule has 0 unspecified atom stereocenters. The molecular formula is C20H32N4O3. The maximum absolute atomic E-state index is 11.8. The minimum Gasteiger partial charge on any atom is -0.496 e. The van der Waals surface area contributed by atoms with E-state index in [9.17, 15) is 4.79 Å². The van der Waals surface area contributed by atoms with E-state index in [0.717, 1.165) is 37.5 Å². The zero-order valence-electron chi connectivity index (χ0n) is 16.9. The molecule has 1 aromatic rings. The Kier molecular flexibility index (Phi) is 8.23. The van der Waals surface area contributed by atoms with Gasteiger partial charge < -0.3 is 25.0 Å². The smallest absolute Gasteiger partial charge is 0.409 e. The number of guanidine groups is 1. The number of aryl methyl sites for hydroxylation is 1. The lowest BCUT2D eigenvalue weighted by Gasteiger charge is -2.32. The number of carbonyl (C=O) groups is 1. The Labute approximate surface area is 162 Å². The maximum atomic E-state index is 11.8. The summed E-state index contributed by atoms with van der Waals surface area (Å²) in [6.07, 6.45) is 2.40. The SMILES string of the molecule is CCOC(=O)N1CCC(NC(=NC)NCCc2cc(C)ccc2OC)CC1. The Morgan fingerprint density at radius 2 is 2.07 bits per heavy atom.